The first kappa shape index (κ1) is 11.0. The molecular formula is C12H17I. The van der Waals surface area contributed by atoms with Gasteiger partial charge in [0.05, 0.1) is 0 Å². The third-order valence-corrected chi connectivity index (χ3v) is 2.98. The van der Waals surface area contributed by atoms with Gasteiger partial charge in [-0.3, -0.25) is 0 Å². The fourth-order valence-corrected chi connectivity index (χ4v) is 1.99. The van der Waals surface area contributed by atoms with Crippen LogP contribution in [0, 0.1) is 9.49 Å². The van der Waals surface area contributed by atoms with E-state index in [0.29, 0.717) is 5.92 Å². The Kier molecular flexibility index (Phi) is 4.23. The van der Waals surface area contributed by atoms with Crippen LogP contribution in [-0.2, 0) is 0 Å². The highest BCUT2D eigenvalue weighted by molar-refractivity contribution is 14.1. The van der Waals surface area contributed by atoms with Crippen molar-refractivity contribution in [1.29, 1.82) is 0 Å². The van der Waals surface area contributed by atoms with E-state index < -0.39 is 0 Å². The maximum Gasteiger partial charge on any atom is 0.0130 e. The van der Waals surface area contributed by atoms with Gasteiger partial charge >= 0.3 is 0 Å². The minimum absolute atomic E-state index is 0.692. The quantitative estimate of drug-likeness (QED) is 0.721. The van der Waals surface area contributed by atoms with Crippen molar-refractivity contribution >= 4 is 22.6 Å². The second kappa shape index (κ2) is 4.99. The normalized spacial score (nSPS) is 13.3. The van der Waals surface area contributed by atoms with Crippen molar-refractivity contribution in [3.05, 3.63) is 33.4 Å². The largest absolute Gasteiger partial charge is 0.0628 e. The Labute approximate surface area is 94.9 Å². The Morgan fingerprint density at radius 2 is 1.62 bits per heavy atom. The lowest BCUT2D eigenvalue weighted by molar-refractivity contribution is 0.523. The van der Waals surface area contributed by atoms with Crippen LogP contribution < -0.4 is 0 Å². The molecule has 0 nitrogen and oxygen atoms in total. The summed E-state index contributed by atoms with van der Waals surface area (Å²) in [6, 6.07) is 8.86. The molecule has 0 saturated carbocycles. The van der Waals surface area contributed by atoms with Crippen molar-refractivity contribution in [2.45, 2.75) is 33.1 Å². The van der Waals surface area contributed by atoms with Gasteiger partial charge in [-0.2, -0.15) is 0 Å². The molecule has 1 heteroatoms. The van der Waals surface area contributed by atoms with E-state index in [0.717, 1.165) is 5.92 Å². The fraction of sp³-hybridized carbons (Fsp3) is 0.500. The summed E-state index contributed by atoms with van der Waals surface area (Å²) < 4.78 is 1.32. The zero-order chi connectivity index (χ0) is 9.84. The molecule has 1 aromatic carbocycles. The van der Waals surface area contributed by atoms with Crippen LogP contribution in [0.15, 0.2) is 24.3 Å². The summed E-state index contributed by atoms with van der Waals surface area (Å²) in [5.41, 5.74) is 1.47. The first-order chi connectivity index (χ1) is 6.09. The molecule has 13 heavy (non-hydrogen) atoms. The summed E-state index contributed by atoms with van der Waals surface area (Å²) in [6.07, 6.45) is 1.28. The molecule has 0 aliphatic heterocycles. The molecule has 0 amide bonds. The molecule has 1 rings (SSSR count). The molecule has 0 heterocycles. The summed E-state index contributed by atoms with van der Waals surface area (Å²) in [4.78, 5) is 0. The Balaban J connectivity index is 2.66. The molecule has 72 valence electrons. The van der Waals surface area contributed by atoms with Crippen molar-refractivity contribution in [3.8, 4) is 0 Å². The van der Waals surface area contributed by atoms with Crippen LogP contribution >= 0.6 is 22.6 Å². The zero-order valence-corrected chi connectivity index (χ0v) is 10.7. The van der Waals surface area contributed by atoms with Crippen molar-refractivity contribution in [3.63, 3.8) is 0 Å². The van der Waals surface area contributed by atoms with Crippen LogP contribution in [0.25, 0.3) is 0 Å². The fourth-order valence-electron chi connectivity index (χ4n) is 1.63. The second-order valence-electron chi connectivity index (χ2n) is 4.08. The van der Waals surface area contributed by atoms with Crippen molar-refractivity contribution in [2.24, 2.45) is 5.92 Å². The van der Waals surface area contributed by atoms with E-state index in [-0.39, 0.29) is 0 Å². The van der Waals surface area contributed by atoms with Gasteiger partial charge in [0.1, 0.15) is 0 Å². The molecule has 0 radical (unpaired) electrons. The lowest BCUT2D eigenvalue weighted by atomic mass is 9.92. The highest BCUT2D eigenvalue weighted by Gasteiger charge is 2.06. The van der Waals surface area contributed by atoms with E-state index in [2.05, 4.69) is 67.6 Å². The van der Waals surface area contributed by atoms with E-state index >= 15 is 0 Å². The smallest absolute Gasteiger partial charge is 0.0130 e. The SMILES string of the molecule is CC(C)CC(C)c1ccc(I)cc1. The average molecular weight is 288 g/mol. The first-order valence-electron chi connectivity index (χ1n) is 4.85. The predicted molar refractivity (Wildman–Crippen MR) is 67.0 cm³/mol. The lowest BCUT2D eigenvalue weighted by Gasteiger charge is -2.14. The van der Waals surface area contributed by atoms with Crippen LogP contribution in [0.4, 0.5) is 0 Å². The molecule has 0 aliphatic carbocycles. The van der Waals surface area contributed by atoms with E-state index in [1.807, 2.05) is 0 Å². The van der Waals surface area contributed by atoms with Crippen LogP contribution in [0.5, 0.6) is 0 Å². The van der Waals surface area contributed by atoms with Gasteiger partial charge in [0, 0.05) is 3.57 Å². The number of benzene rings is 1. The average Bonchev–Trinajstić information content (AvgIpc) is 2.04. The minimum atomic E-state index is 0.692. The lowest BCUT2D eigenvalue weighted by Crippen LogP contribution is -1.98. The molecule has 0 N–H and O–H groups in total. The summed E-state index contributed by atoms with van der Waals surface area (Å²) >= 11 is 2.35. The van der Waals surface area contributed by atoms with Crippen molar-refractivity contribution < 1.29 is 0 Å². The van der Waals surface area contributed by atoms with Gasteiger partial charge in [-0.1, -0.05) is 32.9 Å². The van der Waals surface area contributed by atoms with E-state index in [1.165, 1.54) is 15.6 Å². The van der Waals surface area contributed by atoms with Crippen LogP contribution in [0.2, 0.25) is 0 Å². The summed E-state index contributed by atoms with van der Waals surface area (Å²) in [6.45, 7) is 6.87. The molecule has 1 aromatic rings. The second-order valence-corrected chi connectivity index (χ2v) is 5.33. The van der Waals surface area contributed by atoms with Crippen molar-refractivity contribution in [1.82, 2.24) is 0 Å². The molecule has 0 aromatic heterocycles. The van der Waals surface area contributed by atoms with E-state index in [4.69, 9.17) is 0 Å². The minimum Gasteiger partial charge on any atom is -0.0628 e. The molecule has 0 bridgehead atoms. The maximum absolute atomic E-state index is 2.35. The molecule has 0 spiro atoms. The molecule has 1 atom stereocenters. The Morgan fingerprint density at radius 1 is 1.08 bits per heavy atom. The van der Waals surface area contributed by atoms with Gasteiger partial charge in [-0.25, -0.2) is 0 Å². The van der Waals surface area contributed by atoms with Gasteiger partial charge in [-0.05, 0) is 58.5 Å². The van der Waals surface area contributed by atoms with Gasteiger partial charge in [0.15, 0.2) is 0 Å². The summed E-state index contributed by atoms with van der Waals surface area (Å²) in [7, 11) is 0. The van der Waals surface area contributed by atoms with Crippen LogP contribution in [-0.4, -0.2) is 0 Å². The molecule has 0 aliphatic rings. The van der Waals surface area contributed by atoms with Gasteiger partial charge in [0.25, 0.3) is 0 Å². The van der Waals surface area contributed by atoms with Crippen LogP contribution in [0.3, 0.4) is 0 Å². The number of rotatable bonds is 3. The number of hydrogen-bond donors (Lipinski definition) is 0. The van der Waals surface area contributed by atoms with E-state index in [9.17, 15) is 0 Å². The first-order valence-corrected chi connectivity index (χ1v) is 5.93. The van der Waals surface area contributed by atoms with E-state index in [1.54, 1.807) is 0 Å². The predicted octanol–water partition coefficient (Wildman–Crippen LogP) is 4.44. The highest BCUT2D eigenvalue weighted by atomic mass is 127. The number of hydrogen-bond acceptors (Lipinski definition) is 0. The van der Waals surface area contributed by atoms with Gasteiger partial charge < -0.3 is 0 Å². The molecule has 0 fully saturated rings. The standard InChI is InChI=1S/C12H17I/c1-9(2)8-10(3)11-4-6-12(13)7-5-11/h4-7,9-10H,8H2,1-3H3. The number of halogens is 1. The van der Waals surface area contributed by atoms with Gasteiger partial charge in [0.2, 0.25) is 0 Å². The Morgan fingerprint density at radius 3 is 2.08 bits per heavy atom. The Hall–Kier alpha value is -0.0500. The van der Waals surface area contributed by atoms with Crippen molar-refractivity contribution in [2.75, 3.05) is 0 Å². The summed E-state index contributed by atoms with van der Waals surface area (Å²) in [5.74, 6) is 1.48. The highest BCUT2D eigenvalue weighted by Crippen LogP contribution is 2.23. The zero-order valence-electron chi connectivity index (χ0n) is 8.55. The topological polar surface area (TPSA) is 0 Å². The molecule has 0 saturated heterocycles. The third-order valence-electron chi connectivity index (χ3n) is 2.26. The van der Waals surface area contributed by atoms with Crippen LogP contribution in [0.1, 0.15) is 38.7 Å². The maximum atomic E-state index is 2.35. The third kappa shape index (κ3) is 3.67. The Bertz CT molecular complexity index is 248. The monoisotopic (exact) mass is 288 g/mol. The molecule has 1 unspecified atom stereocenters. The molecular weight excluding hydrogens is 271 g/mol. The van der Waals surface area contributed by atoms with Gasteiger partial charge in [-0.15, -0.1) is 0 Å². The summed E-state index contributed by atoms with van der Waals surface area (Å²) in [5, 5.41) is 0.